The Morgan fingerprint density at radius 3 is 2.33 bits per heavy atom. The van der Waals surface area contributed by atoms with Gasteiger partial charge in [-0.15, -0.1) is 23.2 Å². The van der Waals surface area contributed by atoms with Gasteiger partial charge in [-0.25, -0.2) is 0 Å². The molecule has 40 heavy (non-hydrogen) atoms. The number of aromatic hydroxyl groups is 1. The molecule has 2 heterocycles. The van der Waals surface area contributed by atoms with Gasteiger partial charge in [0.2, 0.25) is 11.8 Å². The van der Waals surface area contributed by atoms with Gasteiger partial charge in [0.1, 0.15) is 5.75 Å². The standard InChI is InChI=1S/C29H24BrCl3N2O5/c1-2-14-3-5-15(6-4-14)35-24(37)19-10-9-17-20(22(19)25(35)38)12-28(32)26(39)34(13-30)27(40)29(28,33)23(17)18-8-7-16(36)11-21(18)31/h3-9,11,19-20,22-23,36H,2,10,12-13H2,1H3. The largest absolute Gasteiger partial charge is 0.508 e. The van der Waals surface area contributed by atoms with Crippen molar-refractivity contribution in [2.75, 3.05) is 10.4 Å². The van der Waals surface area contributed by atoms with Gasteiger partial charge in [0.25, 0.3) is 11.8 Å². The van der Waals surface area contributed by atoms with E-state index in [4.69, 9.17) is 34.8 Å². The monoisotopic (exact) mass is 664 g/mol. The average molecular weight is 667 g/mol. The van der Waals surface area contributed by atoms with Crippen molar-refractivity contribution in [1.82, 2.24) is 4.90 Å². The number of likely N-dealkylation sites (tertiary alicyclic amines) is 1. The molecule has 7 nitrogen and oxygen atoms in total. The lowest BCUT2D eigenvalue weighted by Gasteiger charge is -2.51. The third-order valence-corrected chi connectivity index (χ3v) is 11.2. The molecular weight excluding hydrogens is 643 g/mol. The van der Waals surface area contributed by atoms with Crippen LogP contribution in [0.25, 0.3) is 0 Å². The number of alkyl halides is 3. The zero-order chi connectivity index (χ0) is 28.7. The van der Waals surface area contributed by atoms with E-state index in [1.807, 2.05) is 25.1 Å². The highest BCUT2D eigenvalue weighted by Gasteiger charge is 2.76. The minimum absolute atomic E-state index is 0.0863. The van der Waals surface area contributed by atoms with Crippen LogP contribution < -0.4 is 4.90 Å². The molecule has 3 fully saturated rings. The molecule has 6 unspecified atom stereocenters. The van der Waals surface area contributed by atoms with Crippen LogP contribution in [-0.2, 0) is 25.6 Å². The highest BCUT2D eigenvalue weighted by Crippen LogP contribution is 2.66. The Balaban J connectivity index is 1.51. The molecular formula is C29H24BrCl3N2O5. The second-order valence-electron chi connectivity index (χ2n) is 10.7. The van der Waals surface area contributed by atoms with Crippen molar-refractivity contribution in [2.45, 2.75) is 41.9 Å². The lowest BCUT2D eigenvalue weighted by molar-refractivity contribution is -0.138. The van der Waals surface area contributed by atoms with E-state index in [0.717, 1.165) is 16.9 Å². The number of hydrogen-bond donors (Lipinski definition) is 1. The second-order valence-corrected chi connectivity index (χ2v) is 12.9. The van der Waals surface area contributed by atoms with Gasteiger partial charge in [0.05, 0.1) is 23.0 Å². The second kappa shape index (κ2) is 9.58. The van der Waals surface area contributed by atoms with Gasteiger partial charge < -0.3 is 5.11 Å². The minimum atomic E-state index is -1.95. The van der Waals surface area contributed by atoms with Crippen LogP contribution in [0, 0.1) is 17.8 Å². The van der Waals surface area contributed by atoms with Crippen LogP contribution >= 0.6 is 50.7 Å². The zero-order valence-electron chi connectivity index (χ0n) is 21.2. The molecule has 6 rings (SSSR count). The number of anilines is 1. The first-order valence-electron chi connectivity index (χ1n) is 12.9. The molecule has 11 heteroatoms. The van der Waals surface area contributed by atoms with Crippen LogP contribution in [0.1, 0.15) is 36.8 Å². The fourth-order valence-electron chi connectivity index (χ4n) is 6.98. The van der Waals surface area contributed by atoms with E-state index in [1.165, 1.54) is 17.0 Å². The Hall–Kier alpha value is -2.39. The van der Waals surface area contributed by atoms with E-state index >= 15 is 0 Å². The predicted molar refractivity (Wildman–Crippen MR) is 155 cm³/mol. The summed E-state index contributed by atoms with van der Waals surface area (Å²) in [4.78, 5) is 53.5. The number of phenols is 1. The van der Waals surface area contributed by atoms with Gasteiger partial charge in [-0.05, 0) is 60.6 Å². The number of imide groups is 2. The molecule has 0 aromatic heterocycles. The summed E-state index contributed by atoms with van der Waals surface area (Å²) in [5, 5.41) is 10.2. The smallest absolute Gasteiger partial charge is 0.254 e. The lowest BCUT2D eigenvalue weighted by atomic mass is 9.56. The molecule has 1 saturated carbocycles. The first-order valence-corrected chi connectivity index (χ1v) is 15.2. The van der Waals surface area contributed by atoms with E-state index in [9.17, 15) is 24.3 Å². The van der Waals surface area contributed by atoms with Gasteiger partial charge in [-0.2, -0.15) is 0 Å². The molecule has 2 aromatic carbocycles. The molecule has 4 amide bonds. The molecule has 2 saturated heterocycles. The van der Waals surface area contributed by atoms with Crippen LogP contribution in [0.3, 0.4) is 0 Å². The normalized spacial score (nSPS) is 33.2. The number of halogens is 4. The third-order valence-electron chi connectivity index (χ3n) is 8.91. The van der Waals surface area contributed by atoms with Crippen LogP contribution in [-0.4, -0.2) is 48.8 Å². The van der Waals surface area contributed by atoms with Crippen LogP contribution in [0.2, 0.25) is 5.02 Å². The fraction of sp³-hybridized carbons (Fsp3) is 0.379. The number of carbonyl (C=O) groups is 4. The highest BCUT2D eigenvalue weighted by atomic mass is 79.9. The third kappa shape index (κ3) is 3.55. The van der Waals surface area contributed by atoms with Crippen molar-refractivity contribution >= 4 is 80.0 Å². The molecule has 2 aromatic rings. The quantitative estimate of drug-likeness (QED) is 0.201. The maximum Gasteiger partial charge on any atom is 0.254 e. The van der Waals surface area contributed by atoms with E-state index in [0.29, 0.717) is 16.8 Å². The molecule has 6 atom stereocenters. The van der Waals surface area contributed by atoms with Gasteiger partial charge in [-0.3, -0.25) is 29.0 Å². The number of carbonyl (C=O) groups excluding carboxylic acids is 4. The lowest BCUT2D eigenvalue weighted by Crippen LogP contribution is -2.60. The molecule has 0 bridgehead atoms. The topological polar surface area (TPSA) is 95.0 Å². The maximum atomic E-state index is 14.0. The number of nitrogens with zero attached hydrogens (tertiary/aromatic N) is 2. The maximum absolute atomic E-state index is 14.0. The highest BCUT2D eigenvalue weighted by molar-refractivity contribution is 9.09. The SMILES string of the molecule is CCc1ccc(N2C(=O)C3CC=C4C(CC5(Cl)C(=O)N(CBr)C(=O)C5(Cl)C4c4ccc(O)cc4Cl)C3C2=O)cc1. The molecule has 2 aliphatic carbocycles. The fourth-order valence-corrected chi connectivity index (χ4v) is 8.69. The van der Waals surface area contributed by atoms with Crippen LogP contribution in [0.4, 0.5) is 5.69 Å². The first kappa shape index (κ1) is 27.8. The van der Waals surface area contributed by atoms with Gasteiger partial charge in [0, 0.05) is 10.9 Å². The molecule has 0 spiro atoms. The molecule has 208 valence electrons. The Bertz CT molecular complexity index is 1510. The van der Waals surface area contributed by atoms with Crippen molar-refractivity contribution in [1.29, 1.82) is 0 Å². The summed E-state index contributed by atoms with van der Waals surface area (Å²) >= 11 is 24.2. The zero-order valence-corrected chi connectivity index (χ0v) is 25.1. The van der Waals surface area contributed by atoms with E-state index in [-0.39, 0.29) is 40.9 Å². The van der Waals surface area contributed by atoms with Crippen molar-refractivity contribution in [3.05, 3.63) is 70.3 Å². The molecule has 1 N–H and O–H groups in total. The summed E-state index contributed by atoms with van der Waals surface area (Å²) in [6.45, 7) is 2.02. The number of aryl methyl sites for hydroxylation is 1. The van der Waals surface area contributed by atoms with Crippen LogP contribution in [0.5, 0.6) is 5.75 Å². The average Bonchev–Trinajstić information content (AvgIpc) is 3.27. The van der Waals surface area contributed by atoms with Gasteiger partial charge >= 0.3 is 0 Å². The summed E-state index contributed by atoms with van der Waals surface area (Å²) in [7, 11) is 0. The Labute approximate surface area is 254 Å². The number of rotatable bonds is 4. The van der Waals surface area contributed by atoms with E-state index < -0.39 is 45.2 Å². The minimum Gasteiger partial charge on any atom is -0.508 e. The number of allylic oxidation sites excluding steroid dienone is 2. The van der Waals surface area contributed by atoms with Gasteiger partial charge in [0.15, 0.2) is 9.75 Å². The number of phenolic OH excluding ortho intramolecular Hbond substituents is 1. The first-order chi connectivity index (χ1) is 19.0. The molecule has 0 radical (unpaired) electrons. The Morgan fingerprint density at radius 1 is 1.00 bits per heavy atom. The van der Waals surface area contributed by atoms with Crippen molar-refractivity contribution in [2.24, 2.45) is 17.8 Å². The Morgan fingerprint density at radius 2 is 1.70 bits per heavy atom. The van der Waals surface area contributed by atoms with Crippen LogP contribution in [0.15, 0.2) is 54.1 Å². The predicted octanol–water partition coefficient (Wildman–Crippen LogP) is 5.52. The number of hydrogen-bond acceptors (Lipinski definition) is 5. The number of benzene rings is 2. The molecule has 2 aliphatic heterocycles. The molecule has 4 aliphatic rings. The Kier molecular flexibility index (Phi) is 6.65. The van der Waals surface area contributed by atoms with E-state index in [2.05, 4.69) is 15.9 Å². The number of fused-ring (bicyclic) bond motifs is 4. The van der Waals surface area contributed by atoms with Crippen molar-refractivity contribution in [3.63, 3.8) is 0 Å². The summed E-state index contributed by atoms with van der Waals surface area (Å²) in [5.74, 6) is -5.19. The summed E-state index contributed by atoms with van der Waals surface area (Å²) < 4.78 is 0. The van der Waals surface area contributed by atoms with E-state index in [1.54, 1.807) is 18.2 Å². The number of amides is 4. The van der Waals surface area contributed by atoms with Gasteiger partial charge in [-0.1, -0.05) is 64.3 Å². The summed E-state index contributed by atoms with van der Waals surface area (Å²) in [6, 6.07) is 11.6. The van der Waals surface area contributed by atoms with Crippen molar-refractivity contribution < 1.29 is 24.3 Å². The summed E-state index contributed by atoms with van der Waals surface area (Å²) in [6.07, 6.45) is 2.82. The summed E-state index contributed by atoms with van der Waals surface area (Å²) in [5.41, 5.74) is 2.49. The van der Waals surface area contributed by atoms with Crippen molar-refractivity contribution in [3.8, 4) is 5.75 Å².